The molecule has 0 aliphatic carbocycles. The molecule has 0 radical (unpaired) electrons. The van der Waals surface area contributed by atoms with Gasteiger partial charge in [-0.15, -0.1) is 0 Å². The molecule has 0 heterocycles. The van der Waals surface area contributed by atoms with Crippen LogP contribution in [0.4, 0.5) is 0 Å². The zero-order valence-corrected chi connectivity index (χ0v) is 8.95. The summed E-state index contributed by atoms with van der Waals surface area (Å²) in [6.45, 7) is 2.93. The van der Waals surface area contributed by atoms with Crippen LogP contribution in [0.5, 0.6) is 0 Å². The van der Waals surface area contributed by atoms with Crippen LogP contribution in [0, 0.1) is 5.92 Å². The van der Waals surface area contributed by atoms with Crippen LogP contribution in [0.1, 0.15) is 26.2 Å². The molecule has 0 aromatic rings. The van der Waals surface area contributed by atoms with Gasteiger partial charge < -0.3 is 5.73 Å². The molecule has 0 saturated heterocycles. The third kappa shape index (κ3) is 5.88. The predicted octanol–water partition coefficient (Wildman–Crippen LogP) is 1.98. The number of hydrogen-bond donors (Lipinski definition) is 3. The average molecular weight is 193 g/mol. The van der Waals surface area contributed by atoms with Gasteiger partial charge in [0.25, 0.3) is 0 Å². The summed E-state index contributed by atoms with van der Waals surface area (Å²) in [5.74, 6) is 1.56. The van der Waals surface area contributed by atoms with Gasteiger partial charge in [-0.25, -0.2) is 0 Å². The van der Waals surface area contributed by atoms with E-state index in [-0.39, 0.29) is 0 Å². The molecule has 0 aliphatic rings. The van der Waals surface area contributed by atoms with Crippen molar-refractivity contribution in [1.29, 1.82) is 0 Å². The molecule has 1 nitrogen and oxygen atoms in total. The minimum Gasteiger partial charge on any atom is -0.330 e. The summed E-state index contributed by atoms with van der Waals surface area (Å²) in [7, 11) is 0. The van der Waals surface area contributed by atoms with E-state index in [1.165, 1.54) is 0 Å². The molecule has 0 aromatic heterocycles. The van der Waals surface area contributed by atoms with Gasteiger partial charge in [-0.2, -0.15) is 25.3 Å². The molecule has 2 atom stereocenters. The second-order valence-electron chi connectivity index (χ2n) is 2.91. The van der Waals surface area contributed by atoms with Crippen molar-refractivity contribution in [3.63, 3.8) is 0 Å². The first-order valence-electron chi connectivity index (χ1n) is 4.23. The Balaban J connectivity index is 3.49. The molecule has 0 spiro atoms. The SMILES string of the molecule is CCC(S)CC(CN)CCS. The van der Waals surface area contributed by atoms with E-state index in [0.29, 0.717) is 11.2 Å². The van der Waals surface area contributed by atoms with E-state index < -0.39 is 0 Å². The molecule has 0 amide bonds. The summed E-state index contributed by atoms with van der Waals surface area (Å²) in [6, 6.07) is 0. The normalized spacial score (nSPS) is 16.4. The maximum atomic E-state index is 5.59. The Labute approximate surface area is 80.9 Å². The van der Waals surface area contributed by atoms with Gasteiger partial charge in [0.15, 0.2) is 0 Å². The van der Waals surface area contributed by atoms with E-state index in [0.717, 1.165) is 31.6 Å². The lowest BCUT2D eigenvalue weighted by Gasteiger charge is -2.16. The van der Waals surface area contributed by atoms with Crippen LogP contribution < -0.4 is 5.73 Å². The number of thiol groups is 2. The van der Waals surface area contributed by atoms with E-state index in [2.05, 4.69) is 32.2 Å². The zero-order chi connectivity index (χ0) is 8.69. The second kappa shape index (κ2) is 7.32. The molecule has 68 valence electrons. The smallest absolute Gasteiger partial charge is 0.00173 e. The summed E-state index contributed by atoms with van der Waals surface area (Å²) in [5, 5.41) is 0.517. The van der Waals surface area contributed by atoms with Crippen molar-refractivity contribution in [3.8, 4) is 0 Å². The van der Waals surface area contributed by atoms with Gasteiger partial charge in [-0.05, 0) is 37.5 Å². The molecular formula is C8H19NS2. The average Bonchev–Trinajstić information content (AvgIpc) is 2.03. The van der Waals surface area contributed by atoms with E-state index >= 15 is 0 Å². The highest BCUT2D eigenvalue weighted by Crippen LogP contribution is 2.16. The highest BCUT2D eigenvalue weighted by molar-refractivity contribution is 7.81. The molecule has 0 bridgehead atoms. The summed E-state index contributed by atoms with van der Waals surface area (Å²) < 4.78 is 0. The van der Waals surface area contributed by atoms with Gasteiger partial charge >= 0.3 is 0 Å². The maximum absolute atomic E-state index is 5.59. The second-order valence-corrected chi connectivity index (χ2v) is 4.09. The quantitative estimate of drug-likeness (QED) is 0.553. The van der Waals surface area contributed by atoms with Crippen molar-refractivity contribution >= 4 is 25.3 Å². The highest BCUT2D eigenvalue weighted by Gasteiger charge is 2.09. The Hall–Kier alpha value is 0.660. The maximum Gasteiger partial charge on any atom is 0.00173 e. The van der Waals surface area contributed by atoms with E-state index in [1.54, 1.807) is 0 Å². The topological polar surface area (TPSA) is 26.0 Å². The van der Waals surface area contributed by atoms with E-state index in [1.807, 2.05) is 0 Å². The summed E-state index contributed by atoms with van der Waals surface area (Å²) >= 11 is 8.62. The Morgan fingerprint density at radius 3 is 2.45 bits per heavy atom. The Morgan fingerprint density at radius 2 is 2.09 bits per heavy atom. The van der Waals surface area contributed by atoms with Crippen molar-refractivity contribution in [1.82, 2.24) is 0 Å². The summed E-state index contributed by atoms with van der Waals surface area (Å²) in [4.78, 5) is 0. The Morgan fingerprint density at radius 1 is 1.45 bits per heavy atom. The molecule has 0 saturated carbocycles. The fraction of sp³-hybridized carbons (Fsp3) is 1.00. The molecule has 3 heteroatoms. The third-order valence-corrected chi connectivity index (χ3v) is 2.78. The van der Waals surface area contributed by atoms with Gasteiger partial charge in [0, 0.05) is 5.25 Å². The van der Waals surface area contributed by atoms with Crippen LogP contribution in [0.15, 0.2) is 0 Å². The molecule has 0 aliphatic heterocycles. The van der Waals surface area contributed by atoms with Gasteiger partial charge in [0.2, 0.25) is 0 Å². The summed E-state index contributed by atoms with van der Waals surface area (Å²) in [5.41, 5.74) is 5.59. The van der Waals surface area contributed by atoms with Crippen LogP contribution >= 0.6 is 25.3 Å². The fourth-order valence-corrected chi connectivity index (χ4v) is 1.73. The van der Waals surface area contributed by atoms with Crippen LogP contribution in [-0.2, 0) is 0 Å². The molecule has 2 unspecified atom stereocenters. The lowest BCUT2D eigenvalue weighted by Crippen LogP contribution is -2.18. The molecule has 0 rings (SSSR count). The van der Waals surface area contributed by atoms with Gasteiger partial charge in [0.05, 0.1) is 0 Å². The number of nitrogens with two attached hydrogens (primary N) is 1. The number of hydrogen-bond acceptors (Lipinski definition) is 3. The number of rotatable bonds is 6. The molecule has 2 N–H and O–H groups in total. The minimum atomic E-state index is 0.517. The Kier molecular flexibility index (Phi) is 7.76. The van der Waals surface area contributed by atoms with Crippen LogP contribution in [0.3, 0.4) is 0 Å². The van der Waals surface area contributed by atoms with Crippen molar-refractivity contribution < 1.29 is 0 Å². The monoisotopic (exact) mass is 193 g/mol. The third-order valence-electron chi connectivity index (χ3n) is 1.95. The van der Waals surface area contributed by atoms with Gasteiger partial charge in [-0.1, -0.05) is 6.92 Å². The lowest BCUT2D eigenvalue weighted by atomic mass is 9.99. The largest absolute Gasteiger partial charge is 0.330 e. The van der Waals surface area contributed by atoms with E-state index in [4.69, 9.17) is 5.73 Å². The first-order chi connectivity index (χ1) is 5.24. The standard InChI is InChI=1S/C8H19NS2/c1-2-8(11)5-7(6-9)3-4-10/h7-8,10-11H,2-6,9H2,1H3. The molecule has 0 aromatic carbocycles. The predicted molar refractivity (Wildman–Crippen MR) is 58.7 cm³/mol. The molecular weight excluding hydrogens is 174 g/mol. The Bertz CT molecular complexity index is 88.2. The first kappa shape index (κ1) is 11.7. The molecule has 11 heavy (non-hydrogen) atoms. The lowest BCUT2D eigenvalue weighted by molar-refractivity contribution is 0.473. The first-order valence-corrected chi connectivity index (χ1v) is 5.38. The minimum absolute atomic E-state index is 0.517. The fourth-order valence-electron chi connectivity index (χ4n) is 1.07. The van der Waals surface area contributed by atoms with Crippen LogP contribution in [0.25, 0.3) is 0 Å². The van der Waals surface area contributed by atoms with Gasteiger partial charge in [-0.3, -0.25) is 0 Å². The van der Waals surface area contributed by atoms with Gasteiger partial charge in [0.1, 0.15) is 0 Å². The van der Waals surface area contributed by atoms with Crippen molar-refractivity contribution in [3.05, 3.63) is 0 Å². The highest BCUT2D eigenvalue weighted by atomic mass is 32.1. The van der Waals surface area contributed by atoms with Crippen molar-refractivity contribution in [2.45, 2.75) is 31.4 Å². The van der Waals surface area contributed by atoms with Crippen LogP contribution in [-0.4, -0.2) is 17.5 Å². The summed E-state index contributed by atoms with van der Waals surface area (Å²) in [6.07, 6.45) is 3.39. The zero-order valence-electron chi connectivity index (χ0n) is 7.16. The molecule has 0 fully saturated rings. The van der Waals surface area contributed by atoms with Crippen LogP contribution in [0.2, 0.25) is 0 Å². The van der Waals surface area contributed by atoms with E-state index in [9.17, 15) is 0 Å². The van der Waals surface area contributed by atoms with Crippen molar-refractivity contribution in [2.75, 3.05) is 12.3 Å². The van der Waals surface area contributed by atoms with Crippen molar-refractivity contribution in [2.24, 2.45) is 11.7 Å².